The van der Waals surface area contributed by atoms with Gasteiger partial charge in [0.15, 0.2) is 28.3 Å². The Morgan fingerprint density at radius 3 is 2.41 bits per heavy atom. The van der Waals surface area contributed by atoms with Crippen molar-refractivity contribution in [2.45, 2.75) is 31.3 Å². The summed E-state index contributed by atoms with van der Waals surface area (Å²) >= 11 is 1.37. The summed E-state index contributed by atoms with van der Waals surface area (Å²) < 4.78 is 13.0. The van der Waals surface area contributed by atoms with Crippen LogP contribution in [0.5, 0.6) is 11.5 Å². The normalized spacial score (nSPS) is 12.7. The Kier molecular flexibility index (Phi) is 5.87. The molecule has 0 spiro atoms. The number of benzene rings is 3. The van der Waals surface area contributed by atoms with E-state index in [9.17, 15) is 4.79 Å². The van der Waals surface area contributed by atoms with Gasteiger partial charge >= 0.3 is 0 Å². The molecule has 0 radical (unpaired) electrons. The van der Waals surface area contributed by atoms with Crippen LogP contribution in [0.15, 0.2) is 78.0 Å². The molecular formula is C27H25N3O3S. The Morgan fingerprint density at radius 2 is 1.68 bits per heavy atom. The van der Waals surface area contributed by atoms with Crippen LogP contribution in [-0.2, 0) is 5.41 Å². The fourth-order valence-electron chi connectivity index (χ4n) is 3.76. The van der Waals surface area contributed by atoms with Crippen LogP contribution >= 0.6 is 11.8 Å². The van der Waals surface area contributed by atoms with E-state index in [1.165, 1.54) is 17.3 Å². The van der Waals surface area contributed by atoms with Gasteiger partial charge in [-0.25, -0.2) is 0 Å². The van der Waals surface area contributed by atoms with Gasteiger partial charge < -0.3 is 9.47 Å². The average Bonchev–Trinajstić information content (AvgIpc) is 3.49. The predicted molar refractivity (Wildman–Crippen MR) is 133 cm³/mol. The molecule has 3 aromatic carbocycles. The van der Waals surface area contributed by atoms with E-state index >= 15 is 0 Å². The Balaban J connectivity index is 1.52. The van der Waals surface area contributed by atoms with Crippen LogP contribution in [-0.4, -0.2) is 33.1 Å². The van der Waals surface area contributed by atoms with Crippen LogP contribution in [0, 0.1) is 0 Å². The highest BCUT2D eigenvalue weighted by molar-refractivity contribution is 7.99. The molecular weight excluding hydrogens is 446 g/mol. The molecule has 172 valence electrons. The number of aromatic nitrogens is 3. The lowest BCUT2D eigenvalue weighted by molar-refractivity contribution is 0.102. The number of ketones is 1. The molecule has 0 fully saturated rings. The minimum absolute atomic E-state index is 0.0434. The lowest BCUT2D eigenvalue weighted by Crippen LogP contribution is -2.10. The van der Waals surface area contributed by atoms with Crippen molar-refractivity contribution in [2.24, 2.45) is 0 Å². The van der Waals surface area contributed by atoms with E-state index in [0.717, 1.165) is 11.3 Å². The smallest absolute Gasteiger partial charge is 0.231 e. The average molecular weight is 472 g/mol. The van der Waals surface area contributed by atoms with Gasteiger partial charge in [-0.2, -0.15) is 0 Å². The zero-order valence-corrected chi connectivity index (χ0v) is 20.1. The molecule has 0 bridgehead atoms. The lowest BCUT2D eigenvalue weighted by Gasteiger charge is -2.19. The third kappa shape index (κ3) is 4.43. The van der Waals surface area contributed by atoms with Crippen molar-refractivity contribution >= 4 is 17.5 Å². The van der Waals surface area contributed by atoms with Gasteiger partial charge in [-0.1, -0.05) is 87.1 Å². The topological polar surface area (TPSA) is 66.2 Å². The molecule has 1 aliphatic heterocycles. The van der Waals surface area contributed by atoms with Crippen molar-refractivity contribution in [1.29, 1.82) is 0 Å². The highest BCUT2D eigenvalue weighted by Gasteiger charge is 2.21. The quantitative estimate of drug-likeness (QED) is 0.256. The van der Waals surface area contributed by atoms with E-state index in [1.54, 1.807) is 0 Å². The number of nitrogens with zero attached hydrogens (tertiary/aromatic N) is 3. The second-order valence-electron chi connectivity index (χ2n) is 9.08. The van der Waals surface area contributed by atoms with Gasteiger partial charge in [0.25, 0.3) is 0 Å². The highest BCUT2D eigenvalue weighted by atomic mass is 32.2. The third-order valence-electron chi connectivity index (χ3n) is 5.68. The third-order valence-corrected chi connectivity index (χ3v) is 6.61. The second kappa shape index (κ2) is 8.99. The molecule has 0 saturated heterocycles. The van der Waals surface area contributed by atoms with Gasteiger partial charge in [-0.05, 0) is 23.1 Å². The first-order valence-electron chi connectivity index (χ1n) is 11.1. The molecule has 0 atom stereocenters. The molecule has 0 N–H and O–H groups in total. The monoisotopic (exact) mass is 471 g/mol. The molecule has 1 aromatic heterocycles. The Morgan fingerprint density at radius 1 is 0.941 bits per heavy atom. The first-order chi connectivity index (χ1) is 16.4. The number of hydrogen-bond acceptors (Lipinski definition) is 6. The van der Waals surface area contributed by atoms with Crippen molar-refractivity contribution in [3.63, 3.8) is 0 Å². The van der Waals surface area contributed by atoms with E-state index in [4.69, 9.17) is 9.47 Å². The van der Waals surface area contributed by atoms with Crippen molar-refractivity contribution in [3.05, 3.63) is 83.9 Å². The number of rotatable bonds is 6. The Hall–Kier alpha value is -3.58. The summed E-state index contributed by atoms with van der Waals surface area (Å²) in [4.78, 5) is 12.7. The lowest BCUT2D eigenvalue weighted by atomic mass is 9.87. The van der Waals surface area contributed by atoms with E-state index < -0.39 is 0 Å². The molecule has 0 aliphatic carbocycles. The standard InChI is InChI=1S/C27H25N3O3S/c1-27(2,3)20-11-9-19(10-12-20)25-28-29-26(34-16-22(31)18-7-5-4-6-8-18)30(25)21-13-14-23-24(15-21)33-17-32-23/h4-15H,16-17H2,1-3H3. The van der Waals surface area contributed by atoms with Gasteiger partial charge in [0.1, 0.15) is 0 Å². The van der Waals surface area contributed by atoms with Gasteiger partial charge in [0, 0.05) is 17.2 Å². The van der Waals surface area contributed by atoms with Gasteiger partial charge in [-0.3, -0.25) is 9.36 Å². The van der Waals surface area contributed by atoms with Gasteiger partial charge in [-0.15, -0.1) is 10.2 Å². The zero-order valence-electron chi connectivity index (χ0n) is 19.3. The van der Waals surface area contributed by atoms with E-state index in [-0.39, 0.29) is 23.7 Å². The minimum atomic E-state index is 0.0434. The molecule has 6 nitrogen and oxygen atoms in total. The summed E-state index contributed by atoms with van der Waals surface area (Å²) in [6.45, 7) is 6.77. The molecule has 34 heavy (non-hydrogen) atoms. The molecule has 0 amide bonds. The van der Waals surface area contributed by atoms with Crippen LogP contribution in [0.2, 0.25) is 0 Å². The van der Waals surface area contributed by atoms with Crippen molar-refractivity contribution < 1.29 is 14.3 Å². The van der Waals surface area contributed by atoms with Crippen LogP contribution in [0.3, 0.4) is 0 Å². The molecule has 5 rings (SSSR count). The first kappa shape index (κ1) is 22.2. The minimum Gasteiger partial charge on any atom is -0.454 e. The van der Waals surface area contributed by atoms with Crippen LogP contribution in [0.4, 0.5) is 0 Å². The number of Topliss-reactive ketones (excluding diaryl/α,β-unsaturated/α-hetero) is 1. The van der Waals surface area contributed by atoms with Crippen molar-refractivity contribution in [2.75, 3.05) is 12.5 Å². The maximum Gasteiger partial charge on any atom is 0.231 e. The highest BCUT2D eigenvalue weighted by Crippen LogP contribution is 2.37. The number of carbonyl (C=O) groups is 1. The number of thioether (sulfide) groups is 1. The van der Waals surface area contributed by atoms with Gasteiger partial charge in [0.05, 0.1) is 11.4 Å². The van der Waals surface area contributed by atoms with E-state index in [0.29, 0.717) is 28.0 Å². The number of fused-ring (bicyclic) bond motifs is 1. The first-order valence-corrected chi connectivity index (χ1v) is 12.1. The summed E-state index contributed by atoms with van der Waals surface area (Å²) in [7, 11) is 0. The number of ether oxygens (including phenoxy) is 2. The maximum atomic E-state index is 12.7. The second-order valence-corrected chi connectivity index (χ2v) is 10.0. The molecule has 0 unspecified atom stereocenters. The van der Waals surface area contributed by atoms with Crippen molar-refractivity contribution in [3.8, 4) is 28.6 Å². The number of carbonyl (C=O) groups excluding carboxylic acids is 1. The van der Waals surface area contributed by atoms with E-state index in [1.807, 2.05) is 53.1 Å². The van der Waals surface area contributed by atoms with Crippen LogP contribution < -0.4 is 9.47 Å². The largest absolute Gasteiger partial charge is 0.454 e. The predicted octanol–water partition coefficient (Wildman–Crippen LogP) is 5.94. The van der Waals surface area contributed by atoms with Crippen LogP contribution in [0.1, 0.15) is 36.7 Å². The number of hydrogen-bond donors (Lipinski definition) is 0. The summed E-state index contributed by atoms with van der Waals surface area (Å²) in [6, 6.07) is 23.4. The summed E-state index contributed by atoms with van der Waals surface area (Å²) in [6.07, 6.45) is 0. The van der Waals surface area contributed by atoms with Crippen molar-refractivity contribution in [1.82, 2.24) is 14.8 Å². The molecule has 0 saturated carbocycles. The SMILES string of the molecule is CC(C)(C)c1ccc(-c2nnc(SCC(=O)c3ccccc3)n2-c2ccc3c(c2)OCO3)cc1. The summed E-state index contributed by atoms with van der Waals surface area (Å²) in [5.74, 6) is 2.39. The maximum absolute atomic E-state index is 12.7. The summed E-state index contributed by atoms with van der Waals surface area (Å²) in [5.41, 5.74) is 3.77. The zero-order chi connectivity index (χ0) is 23.7. The van der Waals surface area contributed by atoms with Crippen LogP contribution in [0.25, 0.3) is 17.1 Å². The molecule has 4 aromatic rings. The molecule has 1 aliphatic rings. The molecule has 7 heteroatoms. The summed E-state index contributed by atoms with van der Waals surface area (Å²) in [5, 5.41) is 9.60. The Labute approximate surface area is 202 Å². The Bertz CT molecular complexity index is 1330. The van der Waals surface area contributed by atoms with Gasteiger partial charge in [0.2, 0.25) is 6.79 Å². The molecule has 2 heterocycles. The fourth-order valence-corrected chi connectivity index (χ4v) is 4.61. The van der Waals surface area contributed by atoms with E-state index in [2.05, 4.69) is 55.2 Å². The fraction of sp³-hybridized carbons (Fsp3) is 0.222.